The van der Waals surface area contributed by atoms with Crippen LogP contribution >= 0.6 is 15.9 Å². The molecule has 0 amide bonds. The highest BCUT2D eigenvalue weighted by atomic mass is 79.9. The number of pyridine rings is 1. The molecule has 0 radical (unpaired) electrons. The molecule has 0 bridgehead atoms. The lowest BCUT2D eigenvalue weighted by atomic mass is 10.1. The molecular weight excluding hydrogens is 316 g/mol. The molecule has 0 aliphatic rings. The molecule has 1 heterocycles. The van der Waals surface area contributed by atoms with Crippen molar-refractivity contribution in [1.82, 2.24) is 9.88 Å². The van der Waals surface area contributed by atoms with Crippen molar-refractivity contribution in [3.05, 3.63) is 64.4 Å². The summed E-state index contributed by atoms with van der Waals surface area (Å²) in [6.07, 6.45) is 3.55. The predicted molar refractivity (Wildman–Crippen MR) is 83.7 cm³/mol. The first kappa shape index (κ1) is 14.9. The lowest BCUT2D eigenvalue weighted by Crippen LogP contribution is -2.29. The molecule has 0 fully saturated rings. The van der Waals surface area contributed by atoms with Gasteiger partial charge in [0.15, 0.2) is 5.78 Å². The number of hydrogen-bond acceptors (Lipinski definition) is 3. The van der Waals surface area contributed by atoms with Gasteiger partial charge in [-0.2, -0.15) is 0 Å². The Morgan fingerprint density at radius 3 is 2.55 bits per heavy atom. The Morgan fingerprint density at radius 2 is 1.90 bits per heavy atom. The normalized spacial score (nSPS) is 10.8. The Morgan fingerprint density at radius 1 is 1.20 bits per heavy atom. The summed E-state index contributed by atoms with van der Waals surface area (Å²) in [6.45, 7) is 4.07. The van der Waals surface area contributed by atoms with Crippen LogP contribution in [0.4, 0.5) is 0 Å². The molecule has 0 aliphatic carbocycles. The van der Waals surface area contributed by atoms with Crippen LogP contribution < -0.4 is 0 Å². The first-order valence-electron chi connectivity index (χ1n) is 6.59. The van der Waals surface area contributed by atoms with E-state index in [2.05, 4.69) is 32.7 Å². The van der Waals surface area contributed by atoms with Crippen LogP contribution in [0.3, 0.4) is 0 Å². The molecule has 0 unspecified atom stereocenters. The van der Waals surface area contributed by atoms with Crippen molar-refractivity contribution in [3.8, 4) is 0 Å². The van der Waals surface area contributed by atoms with Crippen LogP contribution in [0.5, 0.6) is 0 Å². The minimum atomic E-state index is 0.133. The first-order chi connectivity index (χ1) is 9.70. The molecule has 20 heavy (non-hydrogen) atoms. The minimum absolute atomic E-state index is 0.133. The Bertz CT molecular complexity index is 572. The average Bonchev–Trinajstić information content (AvgIpc) is 2.48. The Labute approximate surface area is 127 Å². The van der Waals surface area contributed by atoms with E-state index in [9.17, 15) is 4.79 Å². The fourth-order valence-electron chi connectivity index (χ4n) is 2.00. The molecule has 0 spiro atoms. The Balaban J connectivity index is 2.03. The molecule has 0 N–H and O–H groups in total. The summed E-state index contributed by atoms with van der Waals surface area (Å²) in [5.74, 6) is 0.133. The van der Waals surface area contributed by atoms with Crippen molar-refractivity contribution >= 4 is 21.7 Å². The number of carbonyl (C=O) groups excluding carboxylic acids is 1. The number of carbonyl (C=O) groups is 1. The molecular formula is C16H17BrN2O. The maximum absolute atomic E-state index is 12.3. The third kappa shape index (κ3) is 3.99. The van der Waals surface area contributed by atoms with Gasteiger partial charge in [-0.3, -0.25) is 14.7 Å². The molecule has 0 aliphatic heterocycles. The summed E-state index contributed by atoms with van der Waals surface area (Å²) >= 11 is 3.43. The van der Waals surface area contributed by atoms with Gasteiger partial charge in [0.25, 0.3) is 0 Å². The third-order valence-electron chi connectivity index (χ3n) is 3.14. The molecule has 2 aromatic rings. The van der Waals surface area contributed by atoms with Crippen LogP contribution in [0.25, 0.3) is 0 Å². The highest BCUT2D eigenvalue weighted by molar-refractivity contribution is 9.10. The topological polar surface area (TPSA) is 33.2 Å². The van der Waals surface area contributed by atoms with Gasteiger partial charge in [-0.15, -0.1) is 0 Å². The molecule has 1 aromatic heterocycles. The average molecular weight is 333 g/mol. The molecule has 0 atom stereocenters. The van der Waals surface area contributed by atoms with Gasteiger partial charge in [-0.05, 0) is 30.3 Å². The second-order valence-corrected chi connectivity index (χ2v) is 5.42. The van der Waals surface area contributed by atoms with E-state index in [1.807, 2.05) is 36.4 Å². The number of likely N-dealkylation sites (N-methyl/N-ethyl adjacent to an activating group) is 1. The van der Waals surface area contributed by atoms with Crippen molar-refractivity contribution in [3.63, 3.8) is 0 Å². The summed E-state index contributed by atoms with van der Waals surface area (Å²) in [5.41, 5.74) is 1.91. The van der Waals surface area contributed by atoms with Crippen LogP contribution in [0.15, 0.2) is 53.3 Å². The summed E-state index contributed by atoms with van der Waals surface area (Å²) in [5, 5.41) is 0. The molecule has 0 saturated heterocycles. The lowest BCUT2D eigenvalue weighted by Gasteiger charge is -2.19. The van der Waals surface area contributed by atoms with E-state index < -0.39 is 0 Å². The van der Waals surface area contributed by atoms with Crippen LogP contribution in [-0.2, 0) is 6.54 Å². The van der Waals surface area contributed by atoms with E-state index >= 15 is 0 Å². The second-order valence-electron chi connectivity index (χ2n) is 4.56. The number of benzene rings is 1. The van der Waals surface area contributed by atoms with E-state index in [-0.39, 0.29) is 5.78 Å². The zero-order chi connectivity index (χ0) is 14.4. The fourth-order valence-corrected chi connectivity index (χ4v) is 2.51. The number of halogens is 1. The molecule has 3 nitrogen and oxygen atoms in total. The number of ketones is 1. The number of rotatable bonds is 6. The van der Waals surface area contributed by atoms with Gasteiger partial charge < -0.3 is 0 Å². The van der Waals surface area contributed by atoms with Crippen LogP contribution in [0, 0.1) is 0 Å². The van der Waals surface area contributed by atoms with Gasteiger partial charge in [0.05, 0.1) is 6.54 Å². The summed E-state index contributed by atoms with van der Waals surface area (Å²) in [4.78, 5) is 18.5. The molecule has 4 heteroatoms. The number of nitrogens with zero attached hydrogens (tertiary/aromatic N) is 2. The van der Waals surface area contributed by atoms with Crippen molar-refractivity contribution in [2.24, 2.45) is 0 Å². The zero-order valence-electron chi connectivity index (χ0n) is 11.4. The van der Waals surface area contributed by atoms with E-state index in [0.717, 1.165) is 23.1 Å². The lowest BCUT2D eigenvalue weighted by molar-refractivity contribution is 0.0929. The monoisotopic (exact) mass is 332 g/mol. The van der Waals surface area contributed by atoms with Crippen LogP contribution in [0.1, 0.15) is 22.8 Å². The van der Waals surface area contributed by atoms with Crippen LogP contribution in [0.2, 0.25) is 0 Å². The largest absolute Gasteiger partial charge is 0.293 e. The van der Waals surface area contributed by atoms with Gasteiger partial charge in [-0.1, -0.05) is 41.1 Å². The van der Waals surface area contributed by atoms with E-state index in [0.29, 0.717) is 6.54 Å². The van der Waals surface area contributed by atoms with Gasteiger partial charge in [0.2, 0.25) is 0 Å². The highest BCUT2D eigenvalue weighted by Crippen LogP contribution is 2.17. The molecule has 104 valence electrons. The summed E-state index contributed by atoms with van der Waals surface area (Å²) < 4.78 is 0.852. The highest BCUT2D eigenvalue weighted by Gasteiger charge is 2.13. The smallest absolute Gasteiger partial charge is 0.177 e. The number of hydrogen-bond donors (Lipinski definition) is 0. The van der Waals surface area contributed by atoms with Gasteiger partial charge in [-0.25, -0.2) is 0 Å². The van der Waals surface area contributed by atoms with Crippen molar-refractivity contribution in [2.75, 3.05) is 13.1 Å². The first-order valence-corrected chi connectivity index (χ1v) is 7.39. The molecule has 0 saturated carbocycles. The standard InChI is InChI=1S/C16H17BrN2O/c1-2-19(11-13-7-9-18-10-8-13)12-16(20)14-5-3-4-6-15(14)17/h3-10H,2,11-12H2,1H3. The zero-order valence-corrected chi connectivity index (χ0v) is 13.0. The van der Waals surface area contributed by atoms with Crippen LogP contribution in [-0.4, -0.2) is 28.8 Å². The summed E-state index contributed by atoms with van der Waals surface area (Å²) in [7, 11) is 0. The van der Waals surface area contributed by atoms with E-state index in [1.54, 1.807) is 12.4 Å². The predicted octanol–water partition coefficient (Wildman–Crippen LogP) is 3.55. The number of Topliss-reactive ketones (excluding diaryl/α,β-unsaturated/α-hetero) is 1. The maximum atomic E-state index is 12.3. The quantitative estimate of drug-likeness (QED) is 0.758. The van der Waals surface area contributed by atoms with Gasteiger partial charge in [0, 0.05) is 29.0 Å². The fraction of sp³-hybridized carbons (Fsp3) is 0.250. The Hall–Kier alpha value is -1.52. The SMILES string of the molecule is CCN(CC(=O)c1ccccc1Br)Cc1ccncc1. The maximum Gasteiger partial charge on any atom is 0.177 e. The van der Waals surface area contributed by atoms with E-state index in [1.165, 1.54) is 5.56 Å². The third-order valence-corrected chi connectivity index (χ3v) is 3.84. The Kier molecular flexibility index (Phi) is 5.44. The number of aromatic nitrogens is 1. The van der Waals surface area contributed by atoms with E-state index in [4.69, 9.17) is 0 Å². The summed E-state index contributed by atoms with van der Waals surface area (Å²) in [6, 6.07) is 11.5. The van der Waals surface area contributed by atoms with Crippen molar-refractivity contribution in [2.45, 2.75) is 13.5 Å². The van der Waals surface area contributed by atoms with Crippen molar-refractivity contribution < 1.29 is 4.79 Å². The molecule has 1 aromatic carbocycles. The molecule has 2 rings (SSSR count). The minimum Gasteiger partial charge on any atom is -0.293 e. The van der Waals surface area contributed by atoms with Gasteiger partial charge >= 0.3 is 0 Å². The van der Waals surface area contributed by atoms with Gasteiger partial charge in [0.1, 0.15) is 0 Å². The second kappa shape index (κ2) is 7.31. The van der Waals surface area contributed by atoms with Crippen molar-refractivity contribution in [1.29, 1.82) is 0 Å².